The molecule has 2 aliphatic heterocycles. The van der Waals surface area contributed by atoms with Gasteiger partial charge in [-0.3, -0.25) is 14.2 Å². The number of carbonyl (C=O) groups is 2. The summed E-state index contributed by atoms with van der Waals surface area (Å²) < 4.78 is 7.14. The van der Waals surface area contributed by atoms with Gasteiger partial charge in [0.15, 0.2) is 23.8 Å². The number of carbonyl (C=O) groups excluding carboxylic acids is 2. The van der Waals surface area contributed by atoms with Crippen molar-refractivity contribution in [1.29, 1.82) is 0 Å². The monoisotopic (exact) mass is 562 g/mol. The highest BCUT2D eigenvalue weighted by Gasteiger charge is 2.47. The van der Waals surface area contributed by atoms with E-state index in [1.807, 2.05) is 4.90 Å². The van der Waals surface area contributed by atoms with Crippen molar-refractivity contribution in [3.63, 3.8) is 0 Å². The van der Waals surface area contributed by atoms with Crippen LogP contribution in [0, 0.1) is 0 Å². The van der Waals surface area contributed by atoms with Crippen LogP contribution >= 0.6 is 0 Å². The van der Waals surface area contributed by atoms with Crippen molar-refractivity contribution in [1.82, 2.24) is 45.3 Å². The molecule has 15 heteroatoms. The number of likely N-dealkylation sites (N-methyl/N-ethyl adjacent to an activating group) is 1. The van der Waals surface area contributed by atoms with Gasteiger partial charge in [0.1, 0.15) is 24.1 Å². The SMILES string of the molecule is CN1CCNCCN(C(=O)CCCCCNC(=O)[C@H]2O[C@@H](n3cnc4c(N)ncnc43)[C@H](O)[C@@H]2O)CCNCC1. The van der Waals surface area contributed by atoms with Crippen LogP contribution < -0.4 is 21.7 Å². The van der Waals surface area contributed by atoms with Gasteiger partial charge < -0.3 is 46.4 Å². The maximum atomic E-state index is 12.8. The predicted octanol–water partition coefficient (Wildman–Crippen LogP) is -2.34. The molecule has 4 atom stereocenters. The molecule has 0 spiro atoms. The lowest BCUT2D eigenvalue weighted by Gasteiger charge is -2.25. The first-order valence-electron chi connectivity index (χ1n) is 14.0. The van der Waals surface area contributed by atoms with E-state index >= 15 is 0 Å². The number of hydrogen-bond donors (Lipinski definition) is 6. The summed E-state index contributed by atoms with van der Waals surface area (Å²) in [6.45, 7) is 7.04. The number of nitrogens with one attached hydrogen (secondary N) is 3. The third kappa shape index (κ3) is 7.62. The van der Waals surface area contributed by atoms with Crippen LogP contribution in [0.4, 0.5) is 5.82 Å². The van der Waals surface area contributed by atoms with E-state index < -0.39 is 30.4 Å². The Hall–Kier alpha value is -2.95. The molecule has 4 heterocycles. The van der Waals surface area contributed by atoms with E-state index in [4.69, 9.17) is 10.5 Å². The first-order valence-corrected chi connectivity index (χ1v) is 14.0. The smallest absolute Gasteiger partial charge is 0.252 e. The van der Waals surface area contributed by atoms with Crippen LogP contribution in [0.1, 0.15) is 31.9 Å². The lowest BCUT2D eigenvalue weighted by Crippen LogP contribution is -2.44. The first kappa shape index (κ1) is 30.0. The number of imidazole rings is 1. The fourth-order valence-electron chi connectivity index (χ4n) is 4.90. The number of amides is 2. The Kier molecular flexibility index (Phi) is 11.0. The van der Waals surface area contributed by atoms with Crippen LogP contribution in [0.3, 0.4) is 0 Å². The molecule has 2 saturated heterocycles. The van der Waals surface area contributed by atoms with Crippen molar-refractivity contribution in [2.45, 2.75) is 50.2 Å². The molecule has 222 valence electrons. The number of ether oxygens (including phenoxy) is 1. The van der Waals surface area contributed by atoms with Crippen molar-refractivity contribution in [2.24, 2.45) is 0 Å². The van der Waals surface area contributed by atoms with E-state index in [1.54, 1.807) is 0 Å². The molecule has 2 amide bonds. The second-order valence-electron chi connectivity index (χ2n) is 10.3. The van der Waals surface area contributed by atoms with Crippen molar-refractivity contribution in [3.05, 3.63) is 12.7 Å². The number of nitrogens with zero attached hydrogens (tertiary/aromatic N) is 6. The molecule has 0 radical (unpaired) electrons. The number of nitrogen functional groups attached to an aromatic ring is 1. The van der Waals surface area contributed by atoms with E-state index in [0.29, 0.717) is 43.6 Å². The normalized spacial score (nSPS) is 25.4. The zero-order valence-electron chi connectivity index (χ0n) is 23.0. The fraction of sp³-hybridized carbons (Fsp3) is 0.720. The average Bonchev–Trinajstić information content (AvgIpc) is 3.49. The Morgan fingerprint density at radius 2 is 1.73 bits per heavy atom. The number of unbranched alkanes of at least 4 members (excludes halogenated alkanes) is 2. The molecular weight excluding hydrogens is 520 g/mol. The number of aliphatic hydroxyl groups excluding tert-OH is 2. The summed E-state index contributed by atoms with van der Waals surface area (Å²) in [6.07, 6.45) is 0.152. The zero-order valence-corrected chi connectivity index (χ0v) is 23.0. The Bertz CT molecular complexity index is 1100. The lowest BCUT2D eigenvalue weighted by atomic mass is 10.1. The highest BCUT2D eigenvalue weighted by atomic mass is 16.6. The van der Waals surface area contributed by atoms with Gasteiger partial charge in [-0.15, -0.1) is 0 Å². The van der Waals surface area contributed by atoms with Crippen molar-refractivity contribution >= 4 is 28.8 Å². The fourth-order valence-corrected chi connectivity index (χ4v) is 4.90. The van der Waals surface area contributed by atoms with Gasteiger partial charge in [-0.1, -0.05) is 6.42 Å². The number of nitrogens with two attached hydrogens (primary N) is 1. The summed E-state index contributed by atoms with van der Waals surface area (Å²) in [5.74, 6) is -0.203. The molecule has 2 aliphatic rings. The van der Waals surface area contributed by atoms with Gasteiger partial charge in [0.2, 0.25) is 5.91 Å². The molecule has 0 unspecified atom stereocenters. The predicted molar refractivity (Wildman–Crippen MR) is 147 cm³/mol. The third-order valence-electron chi connectivity index (χ3n) is 7.33. The van der Waals surface area contributed by atoms with Gasteiger partial charge in [-0.25, -0.2) is 15.0 Å². The molecular formula is C25H42N10O5. The minimum atomic E-state index is -1.43. The highest BCUT2D eigenvalue weighted by molar-refractivity contribution is 5.82. The van der Waals surface area contributed by atoms with Crippen LogP contribution in [-0.4, -0.2) is 136 Å². The van der Waals surface area contributed by atoms with Gasteiger partial charge in [-0.2, -0.15) is 0 Å². The molecule has 7 N–H and O–H groups in total. The molecule has 2 aromatic rings. The Labute approximate surface area is 233 Å². The quantitative estimate of drug-likeness (QED) is 0.188. The number of fused-ring (bicyclic) bond motifs is 1. The van der Waals surface area contributed by atoms with Crippen LogP contribution in [0.15, 0.2) is 12.7 Å². The first-order chi connectivity index (χ1) is 19.4. The second-order valence-corrected chi connectivity index (χ2v) is 10.3. The van der Waals surface area contributed by atoms with E-state index in [0.717, 1.165) is 52.1 Å². The van der Waals surface area contributed by atoms with Crippen molar-refractivity contribution < 1.29 is 24.5 Å². The van der Waals surface area contributed by atoms with Gasteiger partial charge in [0.25, 0.3) is 5.91 Å². The van der Waals surface area contributed by atoms with Crippen LogP contribution in [0.2, 0.25) is 0 Å². The van der Waals surface area contributed by atoms with E-state index in [9.17, 15) is 19.8 Å². The molecule has 2 aromatic heterocycles. The summed E-state index contributed by atoms with van der Waals surface area (Å²) >= 11 is 0. The van der Waals surface area contributed by atoms with Crippen molar-refractivity contribution in [3.8, 4) is 0 Å². The molecule has 4 rings (SSSR count). The largest absolute Gasteiger partial charge is 0.387 e. The Morgan fingerprint density at radius 3 is 2.45 bits per heavy atom. The summed E-state index contributed by atoms with van der Waals surface area (Å²) in [5, 5.41) is 30.6. The highest BCUT2D eigenvalue weighted by Crippen LogP contribution is 2.32. The standard InChI is InChI=1S/C25H42N10O5/c1-33-11-7-27-9-13-34(14-10-28-8-12-33)17(36)5-3-2-4-6-29-24(39)21-19(37)20(38)25(40-21)35-16-32-18-22(26)30-15-31-23(18)35/h15-16,19-21,25,27-28,37-38H,2-14H2,1H3,(H,29,39)(H2,26,30,31)/t19-,20+,21-,25+/m0/s1. The third-order valence-corrected chi connectivity index (χ3v) is 7.33. The maximum absolute atomic E-state index is 12.8. The summed E-state index contributed by atoms with van der Waals surface area (Å²) in [6, 6.07) is 0. The van der Waals surface area contributed by atoms with Crippen molar-refractivity contribution in [2.75, 3.05) is 71.7 Å². The number of rotatable bonds is 8. The van der Waals surface area contributed by atoms with E-state index in [-0.39, 0.29) is 11.7 Å². The zero-order chi connectivity index (χ0) is 28.5. The summed E-state index contributed by atoms with van der Waals surface area (Å²) in [4.78, 5) is 41.8. The molecule has 0 aromatic carbocycles. The summed E-state index contributed by atoms with van der Waals surface area (Å²) in [5.41, 5.74) is 6.48. The maximum Gasteiger partial charge on any atom is 0.252 e. The van der Waals surface area contributed by atoms with Crippen LogP contribution in [0.25, 0.3) is 11.2 Å². The van der Waals surface area contributed by atoms with Gasteiger partial charge in [0.05, 0.1) is 6.33 Å². The number of aromatic nitrogens is 4. The topological polar surface area (TPSA) is 196 Å². The number of anilines is 1. The Morgan fingerprint density at radius 1 is 1.02 bits per heavy atom. The second kappa shape index (κ2) is 14.6. The van der Waals surface area contributed by atoms with Gasteiger partial charge >= 0.3 is 0 Å². The minimum Gasteiger partial charge on any atom is -0.387 e. The average molecular weight is 563 g/mol. The molecule has 0 bridgehead atoms. The Balaban J connectivity index is 1.16. The van der Waals surface area contributed by atoms with Gasteiger partial charge in [0, 0.05) is 65.3 Å². The lowest BCUT2D eigenvalue weighted by molar-refractivity contribution is -0.137. The molecule has 40 heavy (non-hydrogen) atoms. The number of aliphatic hydroxyl groups is 2. The van der Waals surface area contributed by atoms with Gasteiger partial charge in [-0.05, 0) is 19.9 Å². The van der Waals surface area contributed by atoms with Crippen LogP contribution in [-0.2, 0) is 14.3 Å². The molecule has 0 saturated carbocycles. The minimum absolute atomic E-state index is 0.142. The molecule has 2 fully saturated rings. The number of hydrogen-bond acceptors (Lipinski definition) is 12. The summed E-state index contributed by atoms with van der Waals surface area (Å²) in [7, 11) is 2.11. The van der Waals surface area contributed by atoms with E-state index in [2.05, 4.69) is 42.8 Å². The molecule has 15 nitrogen and oxygen atoms in total. The van der Waals surface area contributed by atoms with E-state index in [1.165, 1.54) is 17.2 Å². The molecule has 0 aliphatic carbocycles. The van der Waals surface area contributed by atoms with Crippen LogP contribution in [0.5, 0.6) is 0 Å².